The van der Waals surface area contributed by atoms with Crippen molar-refractivity contribution in [1.29, 1.82) is 0 Å². The Morgan fingerprint density at radius 2 is 1.61 bits per heavy atom. The van der Waals surface area contributed by atoms with E-state index < -0.39 is 0 Å². The number of rotatable bonds is 11. The van der Waals surface area contributed by atoms with Gasteiger partial charge in [-0.1, -0.05) is 41.5 Å². The lowest BCUT2D eigenvalue weighted by atomic mass is 9.78. The van der Waals surface area contributed by atoms with Crippen molar-refractivity contribution in [3.8, 4) is 0 Å². The van der Waals surface area contributed by atoms with E-state index >= 15 is 0 Å². The molecule has 1 unspecified atom stereocenters. The number of carbonyl (C=O) groups excluding carboxylic acids is 2. The summed E-state index contributed by atoms with van der Waals surface area (Å²) in [5.41, 5.74) is -0.656. The molecule has 0 rings (SSSR count). The molecule has 0 spiro atoms. The van der Waals surface area contributed by atoms with Gasteiger partial charge in [-0.3, -0.25) is 9.59 Å². The Balaban J connectivity index is 4.23. The predicted molar refractivity (Wildman–Crippen MR) is 95.4 cm³/mol. The number of ether oxygens (including phenoxy) is 1. The van der Waals surface area contributed by atoms with Crippen LogP contribution in [0, 0.1) is 17.3 Å². The molecule has 0 fully saturated rings. The molecule has 0 aromatic carbocycles. The molecule has 23 heavy (non-hydrogen) atoms. The molecule has 0 saturated heterocycles. The van der Waals surface area contributed by atoms with Crippen molar-refractivity contribution in [3.63, 3.8) is 0 Å². The monoisotopic (exact) mass is 327 g/mol. The van der Waals surface area contributed by atoms with Crippen molar-refractivity contribution in [2.75, 3.05) is 13.2 Å². The molecule has 0 aliphatic heterocycles. The van der Waals surface area contributed by atoms with Crippen LogP contribution in [0.2, 0.25) is 0 Å². The lowest BCUT2D eigenvalue weighted by Crippen LogP contribution is -2.36. The molecule has 0 aromatic heterocycles. The SMILES string of the molecule is CCC(C)C(=O)C(C)(C)CCOC(C)(C)CCNC(=O)C(C)C. The highest BCUT2D eigenvalue weighted by molar-refractivity contribution is 5.85. The van der Waals surface area contributed by atoms with Gasteiger partial charge >= 0.3 is 0 Å². The molecule has 1 amide bonds. The molecule has 0 bridgehead atoms. The Bertz CT molecular complexity index is 386. The number of ketones is 1. The van der Waals surface area contributed by atoms with Crippen LogP contribution in [0.5, 0.6) is 0 Å². The van der Waals surface area contributed by atoms with Crippen LogP contribution >= 0.6 is 0 Å². The topological polar surface area (TPSA) is 55.4 Å². The maximum Gasteiger partial charge on any atom is 0.222 e. The summed E-state index contributed by atoms with van der Waals surface area (Å²) in [6, 6.07) is 0. The number of carbonyl (C=O) groups is 2. The fourth-order valence-electron chi connectivity index (χ4n) is 2.32. The number of hydrogen-bond acceptors (Lipinski definition) is 3. The largest absolute Gasteiger partial charge is 0.375 e. The second-order valence-corrected chi connectivity index (χ2v) is 8.11. The van der Waals surface area contributed by atoms with Crippen LogP contribution in [0.3, 0.4) is 0 Å². The van der Waals surface area contributed by atoms with Gasteiger partial charge in [0.05, 0.1) is 5.60 Å². The molecule has 1 N–H and O–H groups in total. The zero-order chi connectivity index (χ0) is 18.3. The summed E-state index contributed by atoms with van der Waals surface area (Å²) in [5, 5.41) is 2.91. The third kappa shape index (κ3) is 8.50. The van der Waals surface area contributed by atoms with E-state index in [1.807, 2.05) is 55.4 Å². The molecular formula is C19H37NO3. The highest BCUT2D eigenvalue weighted by atomic mass is 16.5. The van der Waals surface area contributed by atoms with Gasteiger partial charge in [-0.2, -0.15) is 0 Å². The van der Waals surface area contributed by atoms with Gasteiger partial charge in [-0.25, -0.2) is 0 Å². The first-order valence-electron chi connectivity index (χ1n) is 8.89. The van der Waals surface area contributed by atoms with Crippen LogP contribution in [0.25, 0.3) is 0 Å². The molecule has 0 aromatic rings. The summed E-state index contributed by atoms with van der Waals surface area (Å²) >= 11 is 0. The highest BCUT2D eigenvalue weighted by Crippen LogP contribution is 2.28. The van der Waals surface area contributed by atoms with Gasteiger partial charge in [-0.15, -0.1) is 0 Å². The standard InChI is InChI=1S/C19H37NO3/c1-9-15(4)16(21)18(5,6)11-13-23-19(7,8)10-12-20-17(22)14(2)3/h14-15H,9-13H2,1-8H3,(H,20,22). The van der Waals surface area contributed by atoms with E-state index in [1.165, 1.54) is 0 Å². The summed E-state index contributed by atoms with van der Waals surface area (Å²) in [6.45, 7) is 17.0. The normalized spacial score (nSPS) is 14.0. The first-order chi connectivity index (χ1) is 10.4. The highest BCUT2D eigenvalue weighted by Gasteiger charge is 2.31. The quantitative estimate of drug-likeness (QED) is 0.624. The minimum absolute atomic E-state index is 0.00592. The van der Waals surface area contributed by atoms with E-state index in [0.29, 0.717) is 18.9 Å². The summed E-state index contributed by atoms with van der Waals surface area (Å²) in [5.74, 6) is 0.488. The second kappa shape index (κ2) is 9.41. The van der Waals surface area contributed by atoms with E-state index in [2.05, 4.69) is 5.32 Å². The Labute approximate surface area is 142 Å². The van der Waals surface area contributed by atoms with Crippen molar-refractivity contribution < 1.29 is 14.3 Å². The van der Waals surface area contributed by atoms with E-state index in [0.717, 1.165) is 19.3 Å². The van der Waals surface area contributed by atoms with Crippen molar-refractivity contribution >= 4 is 11.7 Å². The van der Waals surface area contributed by atoms with E-state index in [9.17, 15) is 9.59 Å². The van der Waals surface area contributed by atoms with E-state index in [4.69, 9.17) is 4.74 Å². The van der Waals surface area contributed by atoms with Crippen molar-refractivity contribution in [2.45, 2.75) is 80.3 Å². The van der Waals surface area contributed by atoms with Gasteiger partial charge in [0.15, 0.2) is 0 Å². The molecule has 4 nitrogen and oxygen atoms in total. The minimum atomic E-state index is -0.350. The molecule has 0 heterocycles. The third-order valence-electron chi connectivity index (χ3n) is 4.50. The van der Waals surface area contributed by atoms with E-state index in [-0.39, 0.29) is 28.8 Å². The van der Waals surface area contributed by atoms with Crippen molar-refractivity contribution in [2.24, 2.45) is 17.3 Å². The van der Waals surface area contributed by atoms with Crippen molar-refractivity contribution in [1.82, 2.24) is 5.32 Å². The van der Waals surface area contributed by atoms with Gasteiger partial charge in [0.2, 0.25) is 5.91 Å². The fraction of sp³-hybridized carbons (Fsp3) is 0.895. The number of amides is 1. The first kappa shape index (κ1) is 22.1. The van der Waals surface area contributed by atoms with E-state index in [1.54, 1.807) is 0 Å². The number of hydrogen-bond donors (Lipinski definition) is 1. The Kier molecular flexibility index (Phi) is 9.04. The Hall–Kier alpha value is -0.900. The maximum absolute atomic E-state index is 12.4. The van der Waals surface area contributed by atoms with Gasteiger partial charge in [0.1, 0.15) is 5.78 Å². The zero-order valence-electron chi connectivity index (χ0n) is 16.4. The van der Waals surface area contributed by atoms with Gasteiger partial charge < -0.3 is 10.1 Å². The molecule has 0 aliphatic carbocycles. The van der Waals surface area contributed by atoms with Crippen LogP contribution < -0.4 is 5.32 Å². The fourth-order valence-corrected chi connectivity index (χ4v) is 2.32. The average Bonchev–Trinajstić information content (AvgIpc) is 2.44. The molecule has 1 atom stereocenters. The molecule has 0 saturated carbocycles. The summed E-state index contributed by atoms with van der Waals surface area (Å²) < 4.78 is 5.97. The zero-order valence-corrected chi connectivity index (χ0v) is 16.4. The summed E-state index contributed by atoms with van der Waals surface area (Å²) in [4.78, 5) is 23.9. The smallest absolute Gasteiger partial charge is 0.222 e. The molecular weight excluding hydrogens is 290 g/mol. The van der Waals surface area contributed by atoms with Gasteiger partial charge in [0.25, 0.3) is 0 Å². The average molecular weight is 328 g/mol. The lowest BCUT2D eigenvalue weighted by Gasteiger charge is -2.30. The molecule has 4 heteroatoms. The summed E-state index contributed by atoms with van der Waals surface area (Å²) in [6.07, 6.45) is 2.35. The van der Waals surface area contributed by atoms with Crippen LogP contribution in [0.1, 0.15) is 74.7 Å². The molecule has 0 radical (unpaired) electrons. The van der Waals surface area contributed by atoms with Gasteiger partial charge in [0, 0.05) is 30.4 Å². The number of Topliss-reactive ketones (excluding diaryl/α,β-unsaturated/α-hetero) is 1. The molecule has 0 aliphatic rings. The van der Waals surface area contributed by atoms with Crippen LogP contribution in [0.15, 0.2) is 0 Å². The maximum atomic E-state index is 12.4. The van der Waals surface area contributed by atoms with Crippen LogP contribution in [-0.4, -0.2) is 30.4 Å². The first-order valence-corrected chi connectivity index (χ1v) is 8.89. The van der Waals surface area contributed by atoms with Gasteiger partial charge in [-0.05, 0) is 33.1 Å². The van der Waals surface area contributed by atoms with Crippen LogP contribution in [-0.2, 0) is 14.3 Å². The summed E-state index contributed by atoms with van der Waals surface area (Å²) in [7, 11) is 0. The van der Waals surface area contributed by atoms with Crippen molar-refractivity contribution in [3.05, 3.63) is 0 Å². The third-order valence-corrected chi connectivity index (χ3v) is 4.50. The van der Waals surface area contributed by atoms with Crippen LogP contribution in [0.4, 0.5) is 0 Å². The second-order valence-electron chi connectivity index (χ2n) is 8.11. The minimum Gasteiger partial charge on any atom is -0.375 e. The molecule has 136 valence electrons. The number of nitrogens with one attached hydrogen (secondary N) is 1. The Morgan fingerprint density at radius 3 is 2.09 bits per heavy atom. The predicted octanol–water partition coefficient (Wildman–Crippen LogP) is 3.98. The Morgan fingerprint density at radius 1 is 1.04 bits per heavy atom. The lowest BCUT2D eigenvalue weighted by molar-refractivity contribution is -0.133.